The van der Waals surface area contributed by atoms with E-state index in [0.29, 0.717) is 0 Å². The first-order chi connectivity index (χ1) is 9.32. The zero-order valence-electron chi connectivity index (χ0n) is 10.8. The number of halogens is 2. The maximum atomic E-state index is 12.4. The number of benzene rings is 1. The van der Waals surface area contributed by atoms with Crippen LogP contribution in [0.15, 0.2) is 28.3 Å². The molecule has 0 heterocycles. The summed E-state index contributed by atoms with van der Waals surface area (Å²) < 4.78 is 26.0. The molecule has 0 saturated carbocycles. The number of sulfonamides is 1. The van der Waals surface area contributed by atoms with Gasteiger partial charge in [-0.05, 0) is 18.2 Å². The summed E-state index contributed by atoms with van der Waals surface area (Å²) in [7, 11) is -3.70. The van der Waals surface area contributed by atoms with Gasteiger partial charge in [-0.15, -0.1) is 0 Å². The number of oxime groups is 1. The minimum Gasteiger partial charge on any atom is -0.409 e. The first-order valence-corrected chi connectivity index (χ1v) is 7.94. The summed E-state index contributed by atoms with van der Waals surface area (Å²) in [6, 6.07) is 4.11. The normalized spacial score (nSPS) is 12.9. The summed E-state index contributed by atoms with van der Waals surface area (Å²) in [5.41, 5.74) is 5.34. The highest BCUT2D eigenvalue weighted by molar-refractivity contribution is 7.89. The van der Waals surface area contributed by atoms with Crippen LogP contribution in [0.1, 0.15) is 13.3 Å². The van der Waals surface area contributed by atoms with E-state index in [0.717, 1.165) is 0 Å². The molecule has 3 N–H and O–H groups in total. The van der Waals surface area contributed by atoms with Crippen LogP contribution in [-0.4, -0.2) is 36.9 Å². The third-order valence-electron chi connectivity index (χ3n) is 2.63. The summed E-state index contributed by atoms with van der Waals surface area (Å²) in [5, 5.41) is 11.7. The van der Waals surface area contributed by atoms with Gasteiger partial charge in [-0.2, -0.15) is 4.31 Å². The molecule has 1 aromatic rings. The Kier molecular flexibility index (Phi) is 6.07. The number of nitrogens with two attached hydrogens (primary N) is 1. The van der Waals surface area contributed by atoms with Gasteiger partial charge in [0, 0.05) is 19.5 Å². The lowest BCUT2D eigenvalue weighted by Crippen LogP contribution is -2.34. The van der Waals surface area contributed by atoms with E-state index in [9.17, 15) is 8.42 Å². The number of rotatable bonds is 6. The highest BCUT2D eigenvalue weighted by Gasteiger charge is 2.23. The molecule has 1 aromatic carbocycles. The first-order valence-electron chi connectivity index (χ1n) is 5.74. The maximum absolute atomic E-state index is 12.4. The average molecular weight is 340 g/mol. The van der Waals surface area contributed by atoms with Gasteiger partial charge in [-0.3, -0.25) is 0 Å². The van der Waals surface area contributed by atoms with E-state index in [1.165, 1.54) is 22.5 Å². The molecule has 112 valence electrons. The molecule has 20 heavy (non-hydrogen) atoms. The second-order valence-corrected chi connectivity index (χ2v) is 6.67. The number of amidine groups is 1. The summed E-state index contributed by atoms with van der Waals surface area (Å²) in [6.07, 6.45) is 0.130. The summed E-state index contributed by atoms with van der Waals surface area (Å²) >= 11 is 11.6. The van der Waals surface area contributed by atoms with E-state index < -0.39 is 10.0 Å². The molecule has 0 amide bonds. The summed E-state index contributed by atoms with van der Waals surface area (Å²) in [5.74, 6) is -0.0345. The Morgan fingerprint density at radius 2 is 2.05 bits per heavy atom. The van der Waals surface area contributed by atoms with Gasteiger partial charge in [-0.25, -0.2) is 8.42 Å². The van der Waals surface area contributed by atoms with Gasteiger partial charge >= 0.3 is 0 Å². The SMILES string of the molecule is CCN(CCC(N)=NO)S(=O)(=O)c1ccc(Cl)c(Cl)c1. The molecule has 0 aliphatic heterocycles. The van der Waals surface area contributed by atoms with Crippen molar-refractivity contribution in [3.63, 3.8) is 0 Å². The standard InChI is InChI=1S/C11H15Cl2N3O3S/c1-2-16(6-5-11(14)15-17)20(18,19)8-3-4-9(12)10(13)7-8/h3-4,7,17H,2,5-6H2,1H3,(H2,14,15). The number of hydrogen-bond donors (Lipinski definition) is 2. The molecule has 1 rings (SSSR count). The molecule has 0 bridgehead atoms. The fourth-order valence-corrected chi connectivity index (χ4v) is 3.36. The van der Waals surface area contributed by atoms with Crippen LogP contribution < -0.4 is 5.73 Å². The lowest BCUT2D eigenvalue weighted by molar-refractivity contribution is 0.315. The van der Waals surface area contributed by atoms with Crippen LogP contribution in [0.25, 0.3) is 0 Å². The van der Waals surface area contributed by atoms with Gasteiger partial charge in [0.2, 0.25) is 10.0 Å². The third kappa shape index (κ3) is 3.99. The van der Waals surface area contributed by atoms with Crippen molar-refractivity contribution in [2.75, 3.05) is 13.1 Å². The van der Waals surface area contributed by atoms with Crippen LogP contribution in [0.3, 0.4) is 0 Å². The molecule has 0 aliphatic carbocycles. The Hall–Kier alpha value is -1.02. The van der Waals surface area contributed by atoms with Crippen LogP contribution in [-0.2, 0) is 10.0 Å². The molecule has 0 radical (unpaired) electrons. The van der Waals surface area contributed by atoms with Gasteiger partial charge < -0.3 is 10.9 Å². The van der Waals surface area contributed by atoms with Crippen LogP contribution in [0.5, 0.6) is 0 Å². The molecule has 0 fully saturated rings. The van der Waals surface area contributed by atoms with Gasteiger partial charge in [0.15, 0.2) is 0 Å². The molecular formula is C11H15Cl2N3O3S. The fourth-order valence-electron chi connectivity index (χ4n) is 1.52. The molecule has 0 spiro atoms. The van der Waals surface area contributed by atoms with E-state index in [1.807, 2.05) is 0 Å². The van der Waals surface area contributed by atoms with Gasteiger partial charge in [0.05, 0.1) is 14.9 Å². The van der Waals surface area contributed by atoms with E-state index in [1.54, 1.807) is 6.92 Å². The quantitative estimate of drug-likeness (QED) is 0.359. The van der Waals surface area contributed by atoms with Crippen molar-refractivity contribution in [1.82, 2.24) is 4.31 Å². The maximum Gasteiger partial charge on any atom is 0.243 e. The van der Waals surface area contributed by atoms with Crippen molar-refractivity contribution in [2.45, 2.75) is 18.2 Å². The van der Waals surface area contributed by atoms with Crippen LogP contribution in [0, 0.1) is 0 Å². The third-order valence-corrected chi connectivity index (χ3v) is 5.34. The van der Waals surface area contributed by atoms with Crippen molar-refractivity contribution in [3.05, 3.63) is 28.2 Å². The monoisotopic (exact) mass is 339 g/mol. The Labute approximate surface area is 127 Å². The average Bonchev–Trinajstić information content (AvgIpc) is 2.41. The zero-order valence-corrected chi connectivity index (χ0v) is 13.1. The van der Waals surface area contributed by atoms with E-state index in [-0.39, 0.29) is 40.3 Å². The molecule has 0 saturated heterocycles. The molecule has 6 nitrogen and oxygen atoms in total. The predicted molar refractivity (Wildman–Crippen MR) is 78.9 cm³/mol. The molecule has 0 aromatic heterocycles. The highest BCUT2D eigenvalue weighted by Crippen LogP contribution is 2.26. The Morgan fingerprint density at radius 3 is 2.55 bits per heavy atom. The molecule has 0 atom stereocenters. The minimum absolute atomic E-state index is 0.0345. The van der Waals surface area contributed by atoms with Crippen molar-refractivity contribution < 1.29 is 13.6 Å². The Balaban J connectivity index is 3.02. The van der Waals surface area contributed by atoms with Gasteiger partial charge in [-0.1, -0.05) is 35.3 Å². The molecule has 9 heteroatoms. The first kappa shape index (κ1) is 17.0. The summed E-state index contributed by atoms with van der Waals surface area (Å²) in [4.78, 5) is 0.0493. The van der Waals surface area contributed by atoms with Crippen molar-refractivity contribution in [1.29, 1.82) is 0 Å². The molecular weight excluding hydrogens is 325 g/mol. The van der Waals surface area contributed by atoms with Gasteiger partial charge in [0.25, 0.3) is 0 Å². The van der Waals surface area contributed by atoms with Crippen LogP contribution in [0.4, 0.5) is 0 Å². The number of hydrogen-bond acceptors (Lipinski definition) is 4. The Bertz CT molecular complexity index is 605. The molecule has 0 aliphatic rings. The number of nitrogens with zero attached hydrogens (tertiary/aromatic N) is 2. The molecule has 0 unspecified atom stereocenters. The highest BCUT2D eigenvalue weighted by atomic mass is 35.5. The fraction of sp³-hybridized carbons (Fsp3) is 0.364. The lowest BCUT2D eigenvalue weighted by atomic mass is 10.4. The second-order valence-electron chi connectivity index (χ2n) is 3.91. The van der Waals surface area contributed by atoms with Crippen molar-refractivity contribution in [3.8, 4) is 0 Å². The minimum atomic E-state index is -3.70. The van der Waals surface area contributed by atoms with Crippen molar-refractivity contribution >= 4 is 39.1 Å². The van der Waals surface area contributed by atoms with Crippen LogP contribution >= 0.6 is 23.2 Å². The second kappa shape index (κ2) is 7.12. The summed E-state index contributed by atoms with van der Waals surface area (Å²) in [6.45, 7) is 2.05. The van der Waals surface area contributed by atoms with Crippen LogP contribution in [0.2, 0.25) is 10.0 Å². The smallest absolute Gasteiger partial charge is 0.243 e. The Morgan fingerprint density at radius 1 is 1.40 bits per heavy atom. The van der Waals surface area contributed by atoms with Crippen molar-refractivity contribution in [2.24, 2.45) is 10.9 Å². The zero-order chi connectivity index (χ0) is 15.3. The largest absolute Gasteiger partial charge is 0.409 e. The van der Waals surface area contributed by atoms with Gasteiger partial charge in [0.1, 0.15) is 5.84 Å². The predicted octanol–water partition coefficient (Wildman–Crippen LogP) is 2.14. The topological polar surface area (TPSA) is 96.0 Å². The lowest BCUT2D eigenvalue weighted by Gasteiger charge is -2.20. The van der Waals surface area contributed by atoms with E-state index in [2.05, 4.69) is 5.16 Å². The van der Waals surface area contributed by atoms with E-state index in [4.69, 9.17) is 34.1 Å². The van der Waals surface area contributed by atoms with E-state index >= 15 is 0 Å².